The summed E-state index contributed by atoms with van der Waals surface area (Å²) in [7, 11) is 0. The smallest absolute Gasteiger partial charge is 0.252 e. The number of nitrogens with zero attached hydrogens (tertiary/aromatic N) is 2. The number of hydrogen-bond donors (Lipinski definition) is 4. The highest BCUT2D eigenvalue weighted by molar-refractivity contribution is 6.35. The number of hydrogen-bond acceptors (Lipinski definition) is 4. The monoisotopic (exact) mass is 594 g/mol. The number of halogens is 2. The van der Waals surface area contributed by atoms with Gasteiger partial charge in [-0.3, -0.25) is 14.9 Å². The van der Waals surface area contributed by atoms with Crippen molar-refractivity contribution in [2.45, 2.75) is 43.8 Å². The maximum atomic E-state index is 14.1. The second kappa shape index (κ2) is 14.3. The summed E-state index contributed by atoms with van der Waals surface area (Å²) < 4.78 is 0. The minimum atomic E-state index is -0.673. The van der Waals surface area contributed by atoms with E-state index < -0.39 is 12.1 Å². The molecule has 0 aliphatic carbocycles. The molecule has 3 aromatic carbocycles. The third kappa shape index (κ3) is 8.00. The maximum Gasteiger partial charge on any atom is 0.252 e. The van der Waals surface area contributed by atoms with Gasteiger partial charge in [-0.15, -0.1) is 0 Å². The van der Waals surface area contributed by atoms with Gasteiger partial charge in [-0.2, -0.15) is 0 Å². The van der Waals surface area contributed by atoms with E-state index in [4.69, 9.17) is 34.7 Å². The first kappa shape index (κ1) is 30.4. The van der Waals surface area contributed by atoms with Crippen LogP contribution >= 0.6 is 23.2 Å². The Hall–Kier alpha value is -3.59. The molecule has 41 heavy (non-hydrogen) atoms. The summed E-state index contributed by atoms with van der Waals surface area (Å²) in [5.74, 6) is -0.515. The molecule has 0 saturated carbocycles. The lowest BCUT2D eigenvalue weighted by Crippen LogP contribution is -2.54. The number of carbonyl (C=O) groups excluding carboxylic acids is 2. The molecule has 10 heteroatoms. The Labute approximate surface area is 251 Å². The molecule has 8 nitrogen and oxygen atoms in total. The van der Waals surface area contributed by atoms with Crippen LogP contribution in [-0.4, -0.2) is 60.4 Å². The van der Waals surface area contributed by atoms with Crippen molar-refractivity contribution in [3.63, 3.8) is 0 Å². The van der Waals surface area contributed by atoms with E-state index in [9.17, 15) is 9.59 Å². The van der Waals surface area contributed by atoms with Gasteiger partial charge in [0.2, 0.25) is 5.91 Å². The quantitative estimate of drug-likeness (QED) is 0.207. The van der Waals surface area contributed by atoms with E-state index >= 15 is 0 Å². The summed E-state index contributed by atoms with van der Waals surface area (Å²) in [6.07, 6.45) is 1.16. The summed E-state index contributed by atoms with van der Waals surface area (Å²) in [4.78, 5) is 33.3. The minimum Gasteiger partial charge on any atom is -0.370 e. The van der Waals surface area contributed by atoms with Crippen molar-refractivity contribution < 1.29 is 9.59 Å². The van der Waals surface area contributed by atoms with Gasteiger partial charge in [0, 0.05) is 36.6 Å². The predicted octanol–water partition coefficient (Wildman–Crippen LogP) is 4.17. The van der Waals surface area contributed by atoms with Crippen LogP contribution in [0, 0.1) is 0 Å². The SMILES string of the molecule is CCC(N=C(N)N)[C@@H]1N[C@H](CNC(=O)c2cc(Cl)ccc2Cl)CCN(CC(c2ccccc2)c2ccccc2)C1=O. The molecule has 3 atom stereocenters. The number of rotatable bonds is 10. The van der Waals surface area contributed by atoms with Crippen LogP contribution in [0.1, 0.15) is 47.2 Å². The first-order valence-corrected chi connectivity index (χ1v) is 14.5. The highest BCUT2D eigenvalue weighted by Crippen LogP contribution is 2.27. The van der Waals surface area contributed by atoms with Gasteiger partial charge in [0.1, 0.15) is 6.04 Å². The van der Waals surface area contributed by atoms with Gasteiger partial charge < -0.3 is 21.7 Å². The molecule has 0 aromatic heterocycles. The highest BCUT2D eigenvalue weighted by atomic mass is 35.5. The van der Waals surface area contributed by atoms with Crippen molar-refractivity contribution in [3.8, 4) is 0 Å². The number of nitrogens with two attached hydrogens (primary N) is 2. The van der Waals surface area contributed by atoms with Gasteiger partial charge in [0.15, 0.2) is 5.96 Å². The van der Waals surface area contributed by atoms with Crippen LogP contribution in [0.4, 0.5) is 0 Å². The van der Waals surface area contributed by atoms with Gasteiger partial charge in [-0.05, 0) is 42.2 Å². The Morgan fingerprint density at radius 1 is 1.05 bits per heavy atom. The second-order valence-electron chi connectivity index (χ2n) is 10.2. The van der Waals surface area contributed by atoms with Crippen molar-refractivity contribution in [1.82, 2.24) is 15.5 Å². The lowest BCUT2D eigenvalue weighted by Gasteiger charge is -2.31. The molecule has 1 heterocycles. The zero-order chi connectivity index (χ0) is 29.4. The van der Waals surface area contributed by atoms with Crippen LogP contribution in [-0.2, 0) is 4.79 Å². The second-order valence-corrected chi connectivity index (χ2v) is 11.0. The first-order chi connectivity index (χ1) is 19.8. The average molecular weight is 596 g/mol. The molecule has 2 amide bonds. The Morgan fingerprint density at radius 3 is 2.27 bits per heavy atom. The van der Waals surface area contributed by atoms with Crippen LogP contribution in [0.5, 0.6) is 0 Å². The molecule has 6 N–H and O–H groups in total. The average Bonchev–Trinajstić information content (AvgIpc) is 3.13. The number of nitrogens with one attached hydrogen (secondary N) is 2. The van der Waals surface area contributed by atoms with Crippen molar-refractivity contribution in [3.05, 3.63) is 106 Å². The number of guanidine groups is 1. The molecule has 1 fully saturated rings. The van der Waals surface area contributed by atoms with Gasteiger partial charge in [0.25, 0.3) is 5.91 Å². The molecular weight excluding hydrogens is 559 g/mol. The summed E-state index contributed by atoms with van der Waals surface area (Å²) in [6.45, 7) is 3.20. The molecule has 1 saturated heterocycles. The molecule has 1 aliphatic heterocycles. The fourth-order valence-electron chi connectivity index (χ4n) is 5.21. The van der Waals surface area contributed by atoms with Crippen molar-refractivity contribution in [2.75, 3.05) is 19.6 Å². The normalized spacial score (nSPS) is 18.0. The zero-order valence-corrected chi connectivity index (χ0v) is 24.5. The van der Waals surface area contributed by atoms with E-state index in [2.05, 4.69) is 39.9 Å². The molecule has 0 radical (unpaired) electrons. The van der Waals surface area contributed by atoms with Crippen LogP contribution in [0.15, 0.2) is 83.9 Å². The summed E-state index contributed by atoms with van der Waals surface area (Å²) >= 11 is 12.3. The fourth-order valence-corrected chi connectivity index (χ4v) is 5.59. The van der Waals surface area contributed by atoms with Crippen LogP contribution in [0.2, 0.25) is 10.0 Å². The Balaban J connectivity index is 1.59. The molecular formula is C31H36Cl2N6O2. The van der Waals surface area contributed by atoms with Crippen molar-refractivity contribution >= 4 is 41.0 Å². The lowest BCUT2D eigenvalue weighted by atomic mass is 9.90. The van der Waals surface area contributed by atoms with E-state index in [0.717, 1.165) is 11.1 Å². The summed E-state index contributed by atoms with van der Waals surface area (Å²) in [5.41, 5.74) is 14.0. The predicted molar refractivity (Wildman–Crippen MR) is 165 cm³/mol. The minimum absolute atomic E-state index is 0.0219. The number of aliphatic imine (C=N–C) groups is 1. The molecule has 216 valence electrons. The Bertz CT molecular complexity index is 1310. The number of amides is 2. The van der Waals surface area contributed by atoms with E-state index in [-0.39, 0.29) is 36.3 Å². The fraction of sp³-hybridized carbons (Fsp3) is 0.323. The van der Waals surface area contributed by atoms with Crippen molar-refractivity contribution in [2.24, 2.45) is 16.5 Å². The maximum absolute atomic E-state index is 14.1. The van der Waals surface area contributed by atoms with Crippen molar-refractivity contribution in [1.29, 1.82) is 0 Å². The van der Waals surface area contributed by atoms with Crippen LogP contribution < -0.4 is 22.1 Å². The van der Waals surface area contributed by atoms with E-state index in [1.807, 2.05) is 48.2 Å². The first-order valence-electron chi connectivity index (χ1n) is 13.7. The third-order valence-corrected chi connectivity index (χ3v) is 7.91. The Kier molecular flexibility index (Phi) is 10.6. The molecule has 1 aliphatic rings. The highest BCUT2D eigenvalue weighted by Gasteiger charge is 2.37. The summed E-state index contributed by atoms with van der Waals surface area (Å²) in [6, 6.07) is 23.8. The van der Waals surface area contributed by atoms with Gasteiger partial charge in [0.05, 0.1) is 16.6 Å². The molecule has 0 spiro atoms. The molecule has 3 aromatic rings. The standard InChI is InChI=1S/C31H36Cl2N6O2/c1-2-27(38-31(34)35)28-30(41)39(19-25(20-9-5-3-6-10-20)21-11-7-4-8-12-21)16-15-23(37-28)18-36-29(40)24-17-22(32)13-14-26(24)33/h3-14,17,23,25,27-28,37H,2,15-16,18-19H2,1H3,(H,36,40)(H4,34,35,38)/t23-,27?,28-/m0/s1. The number of carbonyl (C=O) groups is 2. The largest absolute Gasteiger partial charge is 0.370 e. The topological polar surface area (TPSA) is 126 Å². The van der Waals surface area contributed by atoms with E-state index in [0.29, 0.717) is 41.5 Å². The molecule has 4 rings (SSSR count). The van der Waals surface area contributed by atoms with Gasteiger partial charge in [-0.1, -0.05) is 90.8 Å². The van der Waals surface area contributed by atoms with Gasteiger partial charge >= 0.3 is 0 Å². The third-order valence-electron chi connectivity index (χ3n) is 7.35. The van der Waals surface area contributed by atoms with Crippen LogP contribution in [0.3, 0.4) is 0 Å². The van der Waals surface area contributed by atoms with E-state index in [1.165, 1.54) is 6.07 Å². The number of benzene rings is 3. The molecule has 0 bridgehead atoms. The molecule has 1 unspecified atom stereocenters. The lowest BCUT2D eigenvalue weighted by molar-refractivity contribution is -0.133. The Morgan fingerprint density at radius 2 is 1.68 bits per heavy atom. The van der Waals surface area contributed by atoms with E-state index in [1.54, 1.807) is 12.1 Å². The summed E-state index contributed by atoms with van der Waals surface area (Å²) in [5, 5.41) is 7.13. The van der Waals surface area contributed by atoms with Crippen LogP contribution in [0.25, 0.3) is 0 Å². The van der Waals surface area contributed by atoms with Gasteiger partial charge in [-0.25, -0.2) is 4.99 Å². The zero-order valence-electron chi connectivity index (χ0n) is 23.0.